The van der Waals surface area contributed by atoms with E-state index in [1.807, 2.05) is 20.8 Å². The summed E-state index contributed by atoms with van der Waals surface area (Å²) in [5, 5.41) is 2.62. The molecule has 0 aliphatic heterocycles. The molecule has 1 amide bonds. The Morgan fingerprint density at radius 2 is 1.97 bits per heavy atom. The molecule has 0 aliphatic carbocycles. The molecule has 0 fully saturated rings. The normalized spacial score (nSPS) is 10.5. The molecule has 0 bridgehead atoms. The van der Waals surface area contributed by atoms with Gasteiger partial charge >= 0.3 is 5.97 Å². The molecule has 0 unspecified atom stereocenters. The summed E-state index contributed by atoms with van der Waals surface area (Å²) in [6.07, 6.45) is 0.820. The molecule has 0 atom stereocenters. The van der Waals surface area contributed by atoms with Crippen molar-refractivity contribution in [3.63, 3.8) is 0 Å². The number of ether oxygens (including phenoxy) is 3. The third-order valence-electron chi connectivity index (χ3n) is 3.81. The summed E-state index contributed by atoms with van der Waals surface area (Å²) in [6, 6.07) is 3.06. The summed E-state index contributed by atoms with van der Waals surface area (Å²) >= 11 is 7.61. The predicted molar refractivity (Wildman–Crippen MR) is 113 cm³/mol. The van der Waals surface area contributed by atoms with Crippen molar-refractivity contribution >= 4 is 39.9 Å². The van der Waals surface area contributed by atoms with Crippen LogP contribution in [0.25, 0.3) is 0 Å². The minimum absolute atomic E-state index is 0.0134. The van der Waals surface area contributed by atoms with Gasteiger partial charge in [-0.15, -0.1) is 11.3 Å². The number of halogens is 1. The Hall–Kier alpha value is -2.32. The van der Waals surface area contributed by atoms with Gasteiger partial charge in [0, 0.05) is 18.8 Å². The summed E-state index contributed by atoms with van der Waals surface area (Å²) in [5.41, 5.74) is 0.828. The average molecular weight is 441 g/mol. The molecule has 0 saturated heterocycles. The second-order valence-electron chi connectivity index (χ2n) is 6.03. The fourth-order valence-corrected chi connectivity index (χ4v) is 3.68. The highest BCUT2D eigenvalue weighted by Crippen LogP contribution is 2.37. The third-order valence-corrected chi connectivity index (χ3v) is 5.01. The Kier molecular flexibility index (Phi) is 8.72. The van der Waals surface area contributed by atoms with Crippen LogP contribution >= 0.6 is 22.9 Å². The molecule has 1 heterocycles. The molecule has 0 spiro atoms. The number of benzene rings is 1. The van der Waals surface area contributed by atoms with Gasteiger partial charge < -0.3 is 14.2 Å². The van der Waals surface area contributed by atoms with Crippen LogP contribution < -0.4 is 14.4 Å². The number of carbonyl (C=O) groups is 2. The molecule has 2 aromatic rings. The fourth-order valence-electron chi connectivity index (χ4n) is 2.49. The van der Waals surface area contributed by atoms with Gasteiger partial charge in [-0.05, 0) is 32.4 Å². The maximum Gasteiger partial charge on any atom is 0.338 e. The van der Waals surface area contributed by atoms with E-state index < -0.39 is 5.97 Å². The zero-order valence-electron chi connectivity index (χ0n) is 17.0. The zero-order valence-corrected chi connectivity index (χ0v) is 18.6. The Morgan fingerprint density at radius 3 is 2.59 bits per heavy atom. The van der Waals surface area contributed by atoms with Gasteiger partial charge in [-0.1, -0.05) is 18.5 Å². The lowest BCUT2D eigenvalue weighted by Crippen LogP contribution is -2.27. The summed E-state index contributed by atoms with van der Waals surface area (Å²) < 4.78 is 16.6. The number of nitrogens with zero attached hydrogens (tertiary/aromatic N) is 2. The van der Waals surface area contributed by atoms with Gasteiger partial charge in [-0.3, -0.25) is 9.69 Å². The number of hydrogen-bond donors (Lipinski definition) is 0. The van der Waals surface area contributed by atoms with Crippen LogP contribution in [0.2, 0.25) is 5.02 Å². The lowest BCUT2D eigenvalue weighted by Gasteiger charge is -2.15. The van der Waals surface area contributed by atoms with E-state index in [-0.39, 0.29) is 23.1 Å². The van der Waals surface area contributed by atoms with E-state index in [1.54, 1.807) is 16.3 Å². The lowest BCUT2D eigenvalue weighted by atomic mass is 10.2. The Morgan fingerprint density at radius 1 is 1.21 bits per heavy atom. The molecule has 0 radical (unpaired) electrons. The number of rotatable bonds is 10. The van der Waals surface area contributed by atoms with E-state index in [1.165, 1.54) is 24.3 Å². The highest BCUT2D eigenvalue weighted by Gasteiger charge is 2.18. The topological polar surface area (TPSA) is 78.0 Å². The van der Waals surface area contributed by atoms with Gasteiger partial charge in [0.25, 0.3) is 0 Å². The molecule has 0 saturated carbocycles. The van der Waals surface area contributed by atoms with Crippen LogP contribution in [0.1, 0.15) is 50.2 Å². The minimum atomic E-state index is -0.552. The third kappa shape index (κ3) is 6.08. The molecular weight excluding hydrogens is 416 g/mol. The Bertz CT molecular complexity index is 855. The molecule has 0 aliphatic rings. The first-order chi connectivity index (χ1) is 13.9. The van der Waals surface area contributed by atoms with Crippen LogP contribution in [0.5, 0.6) is 11.5 Å². The van der Waals surface area contributed by atoms with Crippen LogP contribution in [-0.2, 0) is 16.1 Å². The molecule has 2 rings (SSSR count). The summed E-state index contributed by atoms with van der Waals surface area (Å²) in [6.45, 7) is 8.58. The van der Waals surface area contributed by atoms with Crippen LogP contribution in [-0.4, -0.2) is 36.6 Å². The quantitative estimate of drug-likeness (QED) is 0.497. The second kappa shape index (κ2) is 11.0. The number of esters is 1. The van der Waals surface area contributed by atoms with Crippen LogP contribution in [0.15, 0.2) is 17.5 Å². The predicted octanol–water partition coefficient (Wildman–Crippen LogP) is 4.71. The van der Waals surface area contributed by atoms with E-state index >= 15 is 0 Å². The lowest BCUT2D eigenvalue weighted by molar-refractivity contribution is -0.116. The monoisotopic (exact) mass is 440 g/mol. The number of amides is 1. The van der Waals surface area contributed by atoms with Gasteiger partial charge in [0.2, 0.25) is 5.91 Å². The molecule has 29 heavy (non-hydrogen) atoms. The highest BCUT2D eigenvalue weighted by atomic mass is 35.5. The molecule has 9 heteroatoms. The van der Waals surface area contributed by atoms with Crippen molar-refractivity contribution in [1.82, 2.24) is 4.98 Å². The summed E-state index contributed by atoms with van der Waals surface area (Å²) in [5.74, 6) is 0.175. The summed E-state index contributed by atoms with van der Waals surface area (Å²) in [7, 11) is 0. The first-order valence-corrected chi connectivity index (χ1v) is 10.7. The van der Waals surface area contributed by atoms with Gasteiger partial charge in [-0.25, -0.2) is 9.78 Å². The van der Waals surface area contributed by atoms with E-state index in [0.29, 0.717) is 42.1 Å². The number of anilines is 1. The average Bonchev–Trinajstić information content (AvgIpc) is 3.14. The molecular formula is C20H25ClN2O5S. The molecule has 0 N–H and O–H groups in total. The number of carbonyl (C=O) groups excluding carboxylic acids is 2. The maximum absolute atomic E-state index is 12.5. The Balaban J connectivity index is 2.11. The maximum atomic E-state index is 12.5. The Labute approximate surface area is 179 Å². The van der Waals surface area contributed by atoms with Crippen molar-refractivity contribution < 1.29 is 23.8 Å². The van der Waals surface area contributed by atoms with Gasteiger partial charge in [-0.2, -0.15) is 0 Å². The number of hydrogen-bond acceptors (Lipinski definition) is 7. The smallest absolute Gasteiger partial charge is 0.338 e. The molecule has 1 aromatic carbocycles. The summed E-state index contributed by atoms with van der Waals surface area (Å²) in [4.78, 5) is 30.0. The van der Waals surface area contributed by atoms with Gasteiger partial charge in [0.15, 0.2) is 16.6 Å². The van der Waals surface area contributed by atoms with Crippen LogP contribution in [0, 0.1) is 0 Å². The molecule has 1 aromatic heterocycles. The second-order valence-corrected chi connectivity index (χ2v) is 7.27. The SMILES string of the molecule is CCCOc1c(Cl)cc(C(=O)OCc2csc(N(CC)C(C)=O)n2)cc1OCC. The van der Waals surface area contributed by atoms with Crippen molar-refractivity contribution in [2.45, 2.75) is 40.7 Å². The van der Waals surface area contributed by atoms with Gasteiger partial charge in [0.05, 0.1) is 29.5 Å². The standard InChI is InChI=1S/C20H25ClN2O5S/c1-5-8-27-18-16(21)9-14(10-17(18)26-7-3)19(25)28-11-15-12-29-20(22-15)23(6-2)13(4)24/h9-10,12H,5-8,11H2,1-4H3. The first kappa shape index (κ1) is 23.0. The largest absolute Gasteiger partial charge is 0.490 e. The molecule has 158 valence electrons. The minimum Gasteiger partial charge on any atom is -0.490 e. The first-order valence-electron chi connectivity index (χ1n) is 9.39. The zero-order chi connectivity index (χ0) is 21.4. The van der Waals surface area contributed by atoms with Crippen molar-refractivity contribution in [2.75, 3.05) is 24.7 Å². The number of aromatic nitrogens is 1. The van der Waals surface area contributed by atoms with E-state index in [2.05, 4.69) is 4.98 Å². The van der Waals surface area contributed by atoms with E-state index in [4.69, 9.17) is 25.8 Å². The van der Waals surface area contributed by atoms with Gasteiger partial charge in [0.1, 0.15) is 6.61 Å². The van der Waals surface area contributed by atoms with Crippen molar-refractivity contribution in [1.29, 1.82) is 0 Å². The van der Waals surface area contributed by atoms with E-state index in [9.17, 15) is 9.59 Å². The number of thiazole rings is 1. The highest BCUT2D eigenvalue weighted by molar-refractivity contribution is 7.14. The van der Waals surface area contributed by atoms with Crippen molar-refractivity contribution in [3.8, 4) is 11.5 Å². The van der Waals surface area contributed by atoms with E-state index in [0.717, 1.165) is 6.42 Å². The van der Waals surface area contributed by atoms with Crippen LogP contribution in [0.3, 0.4) is 0 Å². The van der Waals surface area contributed by atoms with Crippen molar-refractivity contribution in [2.24, 2.45) is 0 Å². The van der Waals surface area contributed by atoms with Crippen molar-refractivity contribution in [3.05, 3.63) is 33.8 Å². The molecule has 7 nitrogen and oxygen atoms in total. The van der Waals surface area contributed by atoms with Crippen LogP contribution in [0.4, 0.5) is 5.13 Å². The fraction of sp³-hybridized carbons (Fsp3) is 0.450.